The Kier molecular flexibility index (Phi) is 9.02. The van der Waals surface area contributed by atoms with E-state index in [2.05, 4.69) is 13.8 Å². The lowest BCUT2D eigenvalue weighted by Crippen LogP contribution is -2.29. The molecule has 0 atom stereocenters. The van der Waals surface area contributed by atoms with Gasteiger partial charge in [0, 0.05) is 26.6 Å². The number of carbonyl (C=O) groups excluding carboxylic acids is 1. The minimum absolute atomic E-state index is 0.155. The molecule has 0 fully saturated rings. The van der Waals surface area contributed by atoms with Crippen LogP contribution < -0.4 is 5.73 Å². The predicted octanol–water partition coefficient (Wildman–Crippen LogP) is 1.76. The van der Waals surface area contributed by atoms with Gasteiger partial charge in [-0.15, -0.1) is 0 Å². The van der Waals surface area contributed by atoms with Crippen LogP contribution in [0.5, 0.6) is 0 Å². The first-order valence-corrected chi connectivity index (χ1v) is 6.98. The predicted molar refractivity (Wildman–Crippen MR) is 75.3 cm³/mol. The number of nitrogens with two attached hydrogens (primary N) is 1. The van der Waals surface area contributed by atoms with Gasteiger partial charge in [0.2, 0.25) is 5.91 Å². The van der Waals surface area contributed by atoms with E-state index >= 15 is 0 Å². The first kappa shape index (κ1) is 17.4. The van der Waals surface area contributed by atoms with Crippen molar-refractivity contribution in [1.29, 1.82) is 0 Å². The molecule has 0 saturated heterocycles. The fourth-order valence-electron chi connectivity index (χ4n) is 1.91. The Morgan fingerprint density at radius 1 is 1.22 bits per heavy atom. The van der Waals surface area contributed by atoms with Crippen LogP contribution in [-0.4, -0.2) is 42.7 Å². The first-order valence-electron chi connectivity index (χ1n) is 6.98. The number of nitrogens with zero attached hydrogens (tertiary/aromatic N) is 1. The highest BCUT2D eigenvalue weighted by molar-refractivity contribution is 5.75. The van der Waals surface area contributed by atoms with Crippen LogP contribution in [0.4, 0.5) is 0 Å². The Bertz CT molecular complexity index is 230. The summed E-state index contributed by atoms with van der Waals surface area (Å²) in [5, 5.41) is 8.67. The third kappa shape index (κ3) is 8.48. The zero-order valence-corrected chi connectivity index (χ0v) is 12.2. The summed E-state index contributed by atoms with van der Waals surface area (Å²) in [5.74, 6) is 0.212. The number of aliphatic hydroxyl groups is 1. The van der Waals surface area contributed by atoms with Crippen molar-refractivity contribution in [2.75, 3.05) is 26.7 Å². The monoisotopic (exact) mass is 258 g/mol. The summed E-state index contributed by atoms with van der Waals surface area (Å²) in [6.45, 7) is 6.03. The number of hydrogen-bond donors (Lipinski definition) is 2. The van der Waals surface area contributed by atoms with Crippen LogP contribution >= 0.6 is 0 Å². The van der Waals surface area contributed by atoms with E-state index in [1.165, 1.54) is 0 Å². The number of unbranched alkanes of at least 4 members (excludes halogenated alkanes) is 2. The molecule has 0 aromatic carbocycles. The summed E-state index contributed by atoms with van der Waals surface area (Å²) in [4.78, 5) is 13.7. The van der Waals surface area contributed by atoms with Crippen LogP contribution in [0.2, 0.25) is 0 Å². The van der Waals surface area contributed by atoms with Gasteiger partial charge in [-0.05, 0) is 44.1 Å². The number of hydrogen-bond acceptors (Lipinski definition) is 3. The number of rotatable bonds is 10. The molecule has 0 saturated carbocycles. The minimum atomic E-state index is 0.155. The molecule has 3 N–H and O–H groups in total. The normalized spacial score (nSPS) is 11.6. The zero-order valence-electron chi connectivity index (χ0n) is 12.2. The van der Waals surface area contributed by atoms with Gasteiger partial charge in [-0.2, -0.15) is 0 Å². The maximum Gasteiger partial charge on any atom is 0.222 e. The van der Waals surface area contributed by atoms with Gasteiger partial charge in [0.1, 0.15) is 0 Å². The van der Waals surface area contributed by atoms with Gasteiger partial charge >= 0.3 is 0 Å². The molecule has 0 aromatic rings. The summed E-state index contributed by atoms with van der Waals surface area (Å²) >= 11 is 0. The molecule has 0 rings (SSSR count). The van der Waals surface area contributed by atoms with E-state index in [4.69, 9.17) is 10.8 Å². The van der Waals surface area contributed by atoms with Crippen molar-refractivity contribution in [2.45, 2.75) is 52.4 Å². The lowest BCUT2D eigenvalue weighted by molar-refractivity contribution is -0.130. The number of carbonyl (C=O) groups is 1. The van der Waals surface area contributed by atoms with Crippen molar-refractivity contribution >= 4 is 5.91 Å². The lowest BCUT2D eigenvalue weighted by atomic mass is 9.84. The molecule has 0 aliphatic carbocycles. The molecule has 0 radical (unpaired) electrons. The molecular weight excluding hydrogens is 228 g/mol. The molecule has 1 amide bonds. The van der Waals surface area contributed by atoms with Crippen LogP contribution in [0, 0.1) is 5.41 Å². The molecule has 0 spiro atoms. The molecule has 4 nitrogen and oxygen atoms in total. The molecule has 0 unspecified atom stereocenters. The Morgan fingerprint density at radius 3 is 2.44 bits per heavy atom. The summed E-state index contributed by atoms with van der Waals surface area (Å²) in [6, 6.07) is 0. The molecule has 108 valence electrons. The molecule has 0 aliphatic rings. The van der Waals surface area contributed by atoms with Gasteiger partial charge in [-0.1, -0.05) is 13.8 Å². The Hall–Kier alpha value is -0.610. The van der Waals surface area contributed by atoms with E-state index in [0.717, 1.165) is 38.6 Å². The Labute approximate surface area is 112 Å². The third-order valence-electron chi connectivity index (χ3n) is 3.41. The van der Waals surface area contributed by atoms with E-state index < -0.39 is 0 Å². The highest BCUT2D eigenvalue weighted by atomic mass is 16.2. The van der Waals surface area contributed by atoms with Crippen molar-refractivity contribution in [1.82, 2.24) is 4.90 Å². The zero-order chi connectivity index (χ0) is 14.0. The third-order valence-corrected chi connectivity index (χ3v) is 3.41. The maximum atomic E-state index is 11.9. The summed E-state index contributed by atoms with van der Waals surface area (Å²) in [5.41, 5.74) is 5.71. The van der Waals surface area contributed by atoms with Gasteiger partial charge in [-0.25, -0.2) is 0 Å². The van der Waals surface area contributed by atoms with E-state index in [-0.39, 0.29) is 17.9 Å². The second kappa shape index (κ2) is 9.34. The summed E-state index contributed by atoms with van der Waals surface area (Å²) in [6.07, 6.45) is 5.22. The fraction of sp³-hybridized carbons (Fsp3) is 0.929. The van der Waals surface area contributed by atoms with Crippen molar-refractivity contribution in [2.24, 2.45) is 11.1 Å². The second-order valence-corrected chi connectivity index (χ2v) is 5.80. The quantitative estimate of drug-likeness (QED) is 0.587. The number of amides is 1. The maximum absolute atomic E-state index is 11.9. The summed E-state index contributed by atoms with van der Waals surface area (Å²) in [7, 11) is 1.86. The van der Waals surface area contributed by atoms with Crippen LogP contribution in [-0.2, 0) is 4.79 Å². The van der Waals surface area contributed by atoms with Gasteiger partial charge in [0.15, 0.2) is 0 Å². The van der Waals surface area contributed by atoms with Gasteiger partial charge in [0.25, 0.3) is 0 Å². The highest BCUT2D eigenvalue weighted by Crippen LogP contribution is 2.26. The highest BCUT2D eigenvalue weighted by Gasteiger charge is 2.19. The number of aliphatic hydroxyl groups excluding tert-OH is 1. The molecule has 0 aromatic heterocycles. The van der Waals surface area contributed by atoms with Crippen LogP contribution in [0.25, 0.3) is 0 Å². The SMILES string of the molecule is CN(CCCCCO)C(=O)CCC(C)(C)CCN. The molecule has 18 heavy (non-hydrogen) atoms. The van der Waals surface area contributed by atoms with Gasteiger partial charge in [0.05, 0.1) is 0 Å². The topological polar surface area (TPSA) is 66.6 Å². The molecule has 0 aliphatic heterocycles. The van der Waals surface area contributed by atoms with Crippen molar-refractivity contribution in [3.63, 3.8) is 0 Å². The second-order valence-electron chi connectivity index (χ2n) is 5.80. The average molecular weight is 258 g/mol. The smallest absolute Gasteiger partial charge is 0.222 e. The van der Waals surface area contributed by atoms with E-state index in [1.54, 1.807) is 4.90 Å². The lowest BCUT2D eigenvalue weighted by Gasteiger charge is -2.25. The van der Waals surface area contributed by atoms with Gasteiger partial charge in [-0.3, -0.25) is 4.79 Å². The van der Waals surface area contributed by atoms with E-state index in [1.807, 2.05) is 7.05 Å². The standard InChI is InChI=1S/C14H30N2O2/c1-14(2,9-10-15)8-7-13(18)16(3)11-5-4-6-12-17/h17H,4-12,15H2,1-3H3. The summed E-state index contributed by atoms with van der Waals surface area (Å²) < 4.78 is 0. The van der Waals surface area contributed by atoms with Gasteiger partial charge < -0.3 is 15.7 Å². The van der Waals surface area contributed by atoms with Crippen molar-refractivity contribution in [3.05, 3.63) is 0 Å². The average Bonchev–Trinajstić information content (AvgIpc) is 2.31. The molecule has 0 heterocycles. The molecular formula is C14H30N2O2. The van der Waals surface area contributed by atoms with E-state index in [0.29, 0.717) is 13.0 Å². The minimum Gasteiger partial charge on any atom is -0.396 e. The van der Waals surface area contributed by atoms with Crippen molar-refractivity contribution < 1.29 is 9.90 Å². The van der Waals surface area contributed by atoms with Crippen LogP contribution in [0.3, 0.4) is 0 Å². The van der Waals surface area contributed by atoms with Crippen LogP contribution in [0.15, 0.2) is 0 Å². The Balaban J connectivity index is 3.80. The Morgan fingerprint density at radius 2 is 1.89 bits per heavy atom. The first-order chi connectivity index (χ1) is 8.43. The molecule has 0 bridgehead atoms. The van der Waals surface area contributed by atoms with E-state index in [9.17, 15) is 4.79 Å². The van der Waals surface area contributed by atoms with Crippen molar-refractivity contribution in [3.8, 4) is 0 Å². The molecule has 4 heteroatoms. The largest absolute Gasteiger partial charge is 0.396 e. The fourth-order valence-corrected chi connectivity index (χ4v) is 1.91. The van der Waals surface area contributed by atoms with Crippen LogP contribution in [0.1, 0.15) is 52.4 Å².